The van der Waals surface area contributed by atoms with Crippen LogP contribution in [0.1, 0.15) is 24.5 Å². The maximum Gasteiger partial charge on any atom is 0.416 e. The molecule has 0 heterocycles. The lowest BCUT2D eigenvalue weighted by Gasteiger charge is -2.21. The number of aryl methyl sites for hydroxylation is 1. The van der Waals surface area contributed by atoms with Crippen LogP contribution in [0.25, 0.3) is 0 Å². The lowest BCUT2D eigenvalue weighted by Crippen LogP contribution is -2.33. The number of carbonyl (C=O) groups is 2. The first kappa shape index (κ1) is 20.8. The highest BCUT2D eigenvalue weighted by atomic mass is 35.5. The lowest BCUT2D eigenvalue weighted by atomic mass is 10.2. The summed E-state index contributed by atoms with van der Waals surface area (Å²) in [5, 5.41) is 2.23. The van der Waals surface area contributed by atoms with Crippen molar-refractivity contribution in [1.82, 2.24) is 0 Å². The van der Waals surface area contributed by atoms with Gasteiger partial charge in [-0.05, 0) is 49.7 Å². The number of benzene rings is 2. The SMILES string of the molecule is CCN(C(=O)CC(=O)Nc1cc(C(F)(F)F)ccc1Cl)c1cccc(C)c1. The normalized spacial score (nSPS) is 11.2. The molecule has 0 radical (unpaired) electrons. The predicted molar refractivity (Wildman–Crippen MR) is 98.9 cm³/mol. The van der Waals surface area contributed by atoms with E-state index < -0.39 is 30.0 Å². The molecule has 4 nitrogen and oxygen atoms in total. The zero-order valence-corrected chi connectivity index (χ0v) is 15.5. The molecular formula is C19H18ClF3N2O2. The van der Waals surface area contributed by atoms with E-state index in [0.29, 0.717) is 12.2 Å². The standard InChI is InChI=1S/C19H18ClF3N2O2/c1-3-25(14-6-4-5-12(2)9-14)18(27)11-17(26)24-16-10-13(19(21,22)23)7-8-15(16)20/h4-10H,3,11H2,1-2H3,(H,24,26). The Kier molecular flexibility index (Phi) is 6.49. The van der Waals surface area contributed by atoms with Gasteiger partial charge in [0.15, 0.2) is 0 Å². The maximum atomic E-state index is 12.8. The van der Waals surface area contributed by atoms with Crippen LogP contribution >= 0.6 is 11.6 Å². The molecule has 0 aliphatic rings. The number of nitrogens with one attached hydrogen (secondary N) is 1. The van der Waals surface area contributed by atoms with Crippen molar-refractivity contribution in [2.75, 3.05) is 16.8 Å². The summed E-state index contributed by atoms with van der Waals surface area (Å²) in [5.74, 6) is -1.21. The van der Waals surface area contributed by atoms with Gasteiger partial charge in [-0.2, -0.15) is 13.2 Å². The zero-order valence-electron chi connectivity index (χ0n) is 14.7. The van der Waals surface area contributed by atoms with Crippen LogP contribution in [0.15, 0.2) is 42.5 Å². The largest absolute Gasteiger partial charge is 0.416 e. The third kappa shape index (κ3) is 5.47. The molecular weight excluding hydrogens is 381 g/mol. The highest BCUT2D eigenvalue weighted by molar-refractivity contribution is 6.33. The number of nitrogens with zero attached hydrogens (tertiary/aromatic N) is 1. The molecule has 2 amide bonds. The first-order valence-corrected chi connectivity index (χ1v) is 8.53. The molecule has 0 spiro atoms. The van der Waals surface area contributed by atoms with E-state index in [9.17, 15) is 22.8 Å². The molecule has 0 unspecified atom stereocenters. The quantitative estimate of drug-likeness (QED) is 0.716. The maximum absolute atomic E-state index is 12.8. The minimum atomic E-state index is -4.57. The molecule has 0 aromatic heterocycles. The minimum Gasteiger partial charge on any atom is -0.324 e. The van der Waals surface area contributed by atoms with Crippen LogP contribution in [0.3, 0.4) is 0 Å². The minimum absolute atomic E-state index is 0.0465. The van der Waals surface area contributed by atoms with E-state index >= 15 is 0 Å². The van der Waals surface area contributed by atoms with Gasteiger partial charge in [-0.3, -0.25) is 9.59 Å². The fourth-order valence-electron chi connectivity index (χ4n) is 2.52. The Bertz CT molecular complexity index is 853. The second kappa shape index (κ2) is 8.43. The number of anilines is 2. The van der Waals surface area contributed by atoms with Crippen molar-refractivity contribution in [3.8, 4) is 0 Å². The van der Waals surface area contributed by atoms with Crippen LogP contribution < -0.4 is 10.2 Å². The molecule has 0 saturated heterocycles. The van der Waals surface area contributed by atoms with Crippen LogP contribution in [0.4, 0.5) is 24.5 Å². The summed E-state index contributed by atoms with van der Waals surface area (Å²) in [6.07, 6.45) is -5.08. The average Bonchev–Trinajstić information content (AvgIpc) is 2.56. The number of amides is 2. The summed E-state index contributed by atoms with van der Waals surface area (Å²) in [6, 6.07) is 9.83. The molecule has 2 rings (SSSR count). The molecule has 1 N–H and O–H groups in total. The molecule has 0 bridgehead atoms. The first-order chi connectivity index (χ1) is 12.6. The predicted octanol–water partition coefficient (Wildman–Crippen LogP) is 5.05. The van der Waals surface area contributed by atoms with Crippen LogP contribution in [-0.2, 0) is 15.8 Å². The van der Waals surface area contributed by atoms with Crippen LogP contribution in [0, 0.1) is 6.92 Å². The van der Waals surface area contributed by atoms with Gasteiger partial charge in [-0.1, -0.05) is 23.7 Å². The Balaban J connectivity index is 2.12. The van der Waals surface area contributed by atoms with Crippen molar-refractivity contribution in [2.45, 2.75) is 26.4 Å². The van der Waals surface area contributed by atoms with Crippen molar-refractivity contribution in [1.29, 1.82) is 0 Å². The summed E-state index contributed by atoms with van der Waals surface area (Å²) in [5.41, 5.74) is 0.470. The Hall–Kier alpha value is -2.54. The molecule has 0 atom stereocenters. The van der Waals surface area contributed by atoms with Crippen molar-refractivity contribution >= 4 is 34.8 Å². The number of carbonyl (C=O) groups excluding carboxylic acids is 2. The van der Waals surface area contributed by atoms with Crippen LogP contribution in [0.2, 0.25) is 5.02 Å². The van der Waals surface area contributed by atoms with E-state index in [-0.39, 0.29) is 10.7 Å². The van der Waals surface area contributed by atoms with E-state index in [1.165, 1.54) is 4.90 Å². The van der Waals surface area contributed by atoms with Gasteiger partial charge in [0.1, 0.15) is 6.42 Å². The number of hydrogen-bond acceptors (Lipinski definition) is 2. The molecule has 2 aromatic rings. The summed E-state index contributed by atoms with van der Waals surface area (Å²) in [6.45, 7) is 3.99. The van der Waals surface area contributed by atoms with Crippen molar-refractivity contribution in [3.63, 3.8) is 0 Å². The van der Waals surface area contributed by atoms with Gasteiger partial charge in [0, 0.05) is 12.2 Å². The Morgan fingerprint density at radius 3 is 2.44 bits per heavy atom. The Morgan fingerprint density at radius 2 is 1.85 bits per heavy atom. The second-order valence-electron chi connectivity index (χ2n) is 5.89. The van der Waals surface area contributed by atoms with Gasteiger partial charge in [-0.15, -0.1) is 0 Å². The summed E-state index contributed by atoms with van der Waals surface area (Å²) >= 11 is 5.85. The summed E-state index contributed by atoms with van der Waals surface area (Å²) < 4.78 is 38.4. The number of halogens is 4. The van der Waals surface area contributed by atoms with E-state index in [0.717, 1.165) is 23.8 Å². The molecule has 2 aromatic carbocycles. The number of rotatable bonds is 5. The average molecular weight is 399 g/mol. The van der Waals surface area contributed by atoms with Crippen molar-refractivity contribution in [2.24, 2.45) is 0 Å². The van der Waals surface area contributed by atoms with E-state index in [1.54, 1.807) is 19.1 Å². The highest BCUT2D eigenvalue weighted by Crippen LogP contribution is 2.33. The third-order valence-corrected chi connectivity index (χ3v) is 4.14. The van der Waals surface area contributed by atoms with Gasteiger partial charge in [-0.25, -0.2) is 0 Å². The Labute approximate surface area is 159 Å². The number of hydrogen-bond donors (Lipinski definition) is 1. The van der Waals surface area contributed by atoms with Gasteiger partial charge in [0.25, 0.3) is 0 Å². The summed E-state index contributed by atoms with van der Waals surface area (Å²) in [4.78, 5) is 26.0. The van der Waals surface area contributed by atoms with Crippen molar-refractivity contribution in [3.05, 3.63) is 58.6 Å². The summed E-state index contributed by atoms with van der Waals surface area (Å²) in [7, 11) is 0. The molecule has 0 aliphatic heterocycles. The lowest BCUT2D eigenvalue weighted by molar-refractivity contribution is -0.137. The third-order valence-electron chi connectivity index (χ3n) is 3.81. The highest BCUT2D eigenvalue weighted by Gasteiger charge is 2.31. The van der Waals surface area contributed by atoms with Gasteiger partial charge in [0.05, 0.1) is 16.3 Å². The first-order valence-electron chi connectivity index (χ1n) is 8.15. The fraction of sp³-hybridized carbons (Fsp3) is 0.263. The monoisotopic (exact) mass is 398 g/mol. The van der Waals surface area contributed by atoms with E-state index in [1.807, 2.05) is 19.1 Å². The Morgan fingerprint density at radius 1 is 1.15 bits per heavy atom. The molecule has 8 heteroatoms. The molecule has 0 saturated carbocycles. The van der Waals surface area contributed by atoms with Crippen molar-refractivity contribution < 1.29 is 22.8 Å². The van der Waals surface area contributed by atoms with Gasteiger partial charge in [0.2, 0.25) is 11.8 Å². The fourth-order valence-corrected chi connectivity index (χ4v) is 2.69. The van der Waals surface area contributed by atoms with E-state index in [4.69, 9.17) is 11.6 Å². The molecule has 144 valence electrons. The smallest absolute Gasteiger partial charge is 0.324 e. The topological polar surface area (TPSA) is 49.4 Å². The molecule has 0 fully saturated rings. The molecule has 0 aliphatic carbocycles. The zero-order chi connectivity index (χ0) is 20.2. The van der Waals surface area contributed by atoms with Gasteiger partial charge >= 0.3 is 6.18 Å². The second-order valence-corrected chi connectivity index (χ2v) is 6.30. The molecule has 27 heavy (non-hydrogen) atoms. The van der Waals surface area contributed by atoms with Gasteiger partial charge < -0.3 is 10.2 Å². The van der Waals surface area contributed by atoms with Crippen LogP contribution in [-0.4, -0.2) is 18.4 Å². The van der Waals surface area contributed by atoms with Crippen LogP contribution in [0.5, 0.6) is 0 Å². The van der Waals surface area contributed by atoms with E-state index in [2.05, 4.69) is 5.32 Å². The number of alkyl halides is 3.